The smallest absolute Gasteiger partial charge is 0.407 e. The van der Waals surface area contributed by atoms with Gasteiger partial charge in [0.1, 0.15) is 5.82 Å². The molecule has 3 aromatic rings. The maximum atomic E-state index is 14.4. The lowest BCUT2D eigenvalue weighted by Crippen LogP contribution is -2.41. The molecule has 1 aromatic carbocycles. The first-order valence-electron chi connectivity index (χ1n) is 13.0. The highest BCUT2D eigenvalue weighted by molar-refractivity contribution is 7.90. The Bertz CT molecular complexity index is 1540. The summed E-state index contributed by atoms with van der Waals surface area (Å²) in [7, 11) is -4.50. The lowest BCUT2D eigenvalue weighted by atomic mass is 9.93. The number of hydrogen-bond acceptors (Lipinski definition) is 7. The number of likely N-dealkylation sites (tertiary alicyclic amines) is 1. The molecule has 1 aliphatic heterocycles. The topological polar surface area (TPSA) is 142 Å². The molecule has 0 saturated carbocycles. The second kappa shape index (κ2) is 12.2. The van der Waals surface area contributed by atoms with Crippen molar-refractivity contribution in [2.75, 3.05) is 18.4 Å². The first-order chi connectivity index (χ1) is 19.4. The molecule has 13 heteroatoms. The zero-order valence-corrected chi connectivity index (χ0v) is 23.4. The van der Waals surface area contributed by atoms with Crippen molar-refractivity contribution in [2.24, 2.45) is 5.92 Å². The highest BCUT2D eigenvalue weighted by Gasteiger charge is 2.40. The third-order valence-electron chi connectivity index (χ3n) is 7.00. The second-order valence-electron chi connectivity index (χ2n) is 10.6. The molecule has 1 aliphatic rings. The highest BCUT2D eigenvalue weighted by atomic mass is 32.2. The molecule has 3 heterocycles. The van der Waals surface area contributed by atoms with Gasteiger partial charge in [-0.05, 0) is 62.8 Å². The predicted octanol–water partition coefficient (Wildman–Crippen LogP) is 4.43. The lowest BCUT2D eigenvalue weighted by molar-refractivity contribution is 0.0975. The standard InChI is InChI=1S/C28H31F2N5O5S/c1-28(2)16-19(17-35(28)27(37)38)10-7-13-31-22-11-6-12-23(32-22)41(39,40)34-26(36)21-15-20(24(29)33-25(21)30)14-18-8-4-3-5-9-18/h3-6,8-9,11-12,15,19H,7,10,13-14,16-17H2,1-2H3,(H,31,32)(H,34,36)(H,37,38)/t19-/m0/s1. The van der Waals surface area contributed by atoms with Gasteiger partial charge in [-0.2, -0.15) is 22.2 Å². The molecule has 1 saturated heterocycles. The fourth-order valence-electron chi connectivity index (χ4n) is 5.03. The molecular formula is C28H31F2N5O5S. The minimum absolute atomic E-state index is 0.0264. The molecule has 2 amide bonds. The summed E-state index contributed by atoms with van der Waals surface area (Å²) in [6.07, 6.45) is 1.32. The van der Waals surface area contributed by atoms with Gasteiger partial charge in [-0.25, -0.2) is 14.5 Å². The Morgan fingerprint density at radius 3 is 2.49 bits per heavy atom. The van der Waals surface area contributed by atoms with Gasteiger partial charge < -0.3 is 15.3 Å². The van der Waals surface area contributed by atoms with Crippen molar-refractivity contribution in [3.8, 4) is 0 Å². The molecular weight excluding hydrogens is 556 g/mol. The van der Waals surface area contributed by atoms with E-state index in [1.807, 2.05) is 13.8 Å². The van der Waals surface area contributed by atoms with Crippen LogP contribution in [0.2, 0.25) is 0 Å². The summed E-state index contributed by atoms with van der Waals surface area (Å²) in [4.78, 5) is 32.8. The molecule has 218 valence electrons. The monoisotopic (exact) mass is 587 g/mol. The molecule has 0 bridgehead atoms. The number of anilines is 1. The van der Waals surface area contributed by atoms with Crippen molar-refractivity contribution in [1.82, 2.24) is 19.6 Å². The molecule has 2 aromatic heterocycles. The van der Waals surface area contributed by atoms with Crippen LogP contribution in [-0.4, -0.2) is 59.0 Å². The van der Waals surface area contributed by atoms with Crippen LogP contribution in [0.4, 0.5) is 19.4 Å². The summed E-state index contributed by atoms with van der Waals surface area (Å²) in [6.45, 7) is 4.73. The predicted molar refractivity (Wildman–Crippen MR) is 147 cm³/mol. The van der Waals surface area contributed by atoms with Gasteiger partial charge in [0.25, 0.3) is 15.9 Å². The molecule has 1 atom stereocenters. The summed E-state index contributed by atoms with van der Waals surface area (Å²) in [6, 6.07) is 13.8. The van der Waals surface area contributed by atoms with Crippen LogP contribution in [0.25, 0.3) is 0 Å². The van der Waals surface area contributed by atoms with Crippen molar-refractivity contribution < 1.29 is 31.9 Å². The van der Waals surface area contributed by atoms with Crippen molar-refractivity contribution in [3.05, 3.63) is 83.2 Å². The van der Waals surface area contributed by atoms with E-state index in [1.165, 1.54) is 17.0 Å². The van der Waals surface area contributed by atoms with Crippen LogP contribution in [0.5, 0.6) is 0 Å². The quantitative estimate of drug-likeness (QED) is 0.234. The number of carboxylic acid groups (broad SMARTS) is 1. The number of hydrogen-bond donors (Lipinski definition) is 3. The Hall–Kier alpha value is -4.13. The molecule has 10 nitrogen and oxygen atoms in total. The van der Waals surface area contributed by atoms with Gasteiger partial charge in [-0.15, -0.1) is 0 Å². The van der Waals surface area contributed by atoms with Gasteiger partial charge >= 0.3 is 6.09 Å². The van der Waals surface area contributed by atoms with Crippen molar-refractivity contribution in [2.45, 2.75) is 50.1 Å². The van der Waals surface area contributed by atoms with E-state index in [0.717, 1.165) is 18.9 Å². The minimum atomic E-state index is -4.50. The molecule has 0 spiro atoms. The number of amides is 2. The van der Waals surface area contributed by atoms with E-state index in [2.05, 4.69) is 15.3 Å². The van der Waals surface area contributed by atoms with Crippen LogP contribution in [-0.2, 0) is 16.4 Å². The number of aromatic nitrogens is 2. The number of sulfonamides is 1. The van der Waals surface area contributed by atoms with Crippen molar-refractivity contribution in [1.29, 1.82) is 0 Å². The lowest BCUT2D eigenvalue weighted by Gasteiger charge is -2.28. The zero-order chi connectivity index (χ0) is 29.8. The fourth-order valence-corrected chi connectivity index (χ4v) is 5.96. The van der Waals surface area contributed by atoms with E-state index >= 15 is 0 Å². The van der Waals surface area contributed by atoms with E-state index in [9.17, 15) is 31.9 Å². The maximum absolute atomic E-state index is 14.4. The molecule has 0 unspecified atom stereocenters. The van der Waals surface area contributed by atoms with Crippen LogP contribution < -0.4 is 10.0 Å². The third kappa shape index (κ3) is 7.34. The second-order valence-corrected chi connectivity index (χ2v) is 12.2. The normalized spacial score (nSPS) is 16.4. The number of pyridine rings is 2. The van der Waals surface area contributed by atoms with E-state index < -0.39 is 50.0 Å². The number of halogens is 2. The minimum Gasteiger partial charge on any atom is -0.465 e. The summed E-state index contributed by atoms with van der Waals surface area (Å²) >= 11 is 0. The SMILES string of the molecule is CC1(C)C[C@H](CCCNc2cccc(S(=O)(=O)NC(=O)c3cc(Cc4ccccc4)c(F)nc3F)n2)CN1C(=O)O. The molecule has 1 fully saturated rings. The third-order valence-corrected chi connectivity index (χ3v) is 8.23. The number of carbonyl (C=O) groups excluding carboxylic acids is 1. The van der Waals surface area contributed by atoms with Gasteiger partial charge in [-0.3, -0.25) is 4.79 Å². The summed E-state index contributed by atoms with van der Waals surface area (Å²) in [5.41, 5.74) is -0.510. The van der Waals surface area contributed by atoms with Gasteiger partial charge in [0.05, 0.1) is 5.56 Å². The first kappa shape index (κ1) is 29.8. The Morgan fingerprint density at radius 2 is 1.80 bits per heavy atom. The van der Waals surface area contributed by atoms with Crippen LogP contribution in [0.1, 0.15) is 54.6 Å². The molecule has 3 N–H and O–H groups in total. The van der Waals surface area contributed by atoms with Gasteiger partial charge in [0.2, 0.25) is 11.9 Å². The van der Waals surface area contributed by atoms with Gasteiger partial charge in [-0.1, -0.05) is 36.4 Å². The Labute approximate surface area is 236 Å². The Kier molecular flexibility index (Phi) is 8.86. The number of nitrogens with one attached hydrogen (secondary N) is 2. The van der Waals surface area contributed by atoms with Crippen LogP contribution in [0.3, 0.4) is 0 Å². The van der Waals surface area contributed by atoms with Crippen LogP contribution in [0, 0.1) is 17.8 Å². The fraction of sp³-hybridized carbons (Fsp3) is 0.357. The maximum Gasteiger partial charge on any atom is 0.407 e. The van der Waals surface area contributed by atoms with Crippen molar-refractivity contribution >= 4 is 27.8 Å². The van der Waals surface area contributed by atoms with Crippen LogP contribution in [0.15, 0.2) is 59.6 Å². The molecule has 0 radical (unpaired) electrons. The van der Waals surface area contributed by atoms with E-state index in [4.69, 9.17) is 0 Å². The summed E-state index contributed by atoms with van der Waals surface area (Å²) in [5, 5.41) is 12.0. The van der Waals surface area contributed by atoms with E-state index in [1.54, 1.807) is 41.1 Å². The summed E-state index contributed by atoms with van der Waals surface area (Å²) in [5.74, 6) is -3.37. The average Bonchev–Trinajstić information content (AvgIpc) is 3.23. The number of rotatable bonds is 10. The molecule has 41 heavy (non-hydrogen) atoms. The largest absolute Gasteiger partial charge is 0.465 e. The zero-order valence-electron chi connectivity index (χ0n) is 22.6. The van der Waals surface area contributed by atoms with Crippen molar-refractivity contribution in [3.63, 3.8) is 0 Å². The van der Waals surface area contributed by atoms with E-state index in [0.29, 0.717) is 25.1 Å². The van der Waals surface area contributed by atoms with Crippen LogP contribution >= 0.6 is 0 Å². The summed E-state index contributed by atoms with van der Waals surface area (Å²) < 4.78 is 56.2. The van der Waals surface area contributed by atoms with Gasteiger partial charge in [0, 0.05) is 30.6 Å². The highest BCUT2D eigenvalue weighted by Crippen LogP contribution is 2.34. The average molecular weight is 588 g/mol. The Morgan fingerprint density at radius 1 is 1.07 bits per heavy atom. The van der Waals surface area contributed by atoms with E-state index in [-0.39, 0.29) is 23.7 Å². The first-order valence-corrected chi connectivity index (χ1v) is 14.5. The molecule has 4 rings (SSSR count). The number of nitrogens with zero attached hydrogens (tertiary/aromatic N) is 3. The number of carbonyl (C=O) groups is 2. The molecule has 0 aliphatic carbocycles. The number of benzene rings is 1. The van der Waals surface area contributed by atoms with Gasteiger partial charge in [0.15, 0.2) is 5.03 Å². The Balaban J connectivity index is 1.37.